The molecule has 0 radical (unpaired) electrons. The average molecular weight is 311 g/mol. The molecule has 1 saturated carbocycles. The molecule has 0 saturated heterocycles. The summed E-state index contributed by atoms with van der Waals surface area (Å²) in [4.78, 5) is 2.52. The maximum atomic E-state index is 3.48. The van der Waals surface area contributed by atoms with Crippen molar-refractivity contribution in [3.63, 3.8) is 0 Å². The van der Waals surface area contributed by atoms with Crippen LogP contribution in [0.2, 0.25) is 0 Å². The van der Waals surface area contributed by atoms with Crippen LogP contribution >= 0.6 is 15.9 Å². The van der Waals surface area contributed by atoms with Crippen LogP contribution in [-0.2, 0) is 0 Å². The fourth-order valence-corrected chi connectivity index (χ4v) is 2.91. The summed E-state index contributed by atoms with van der Waals surface area (Å²) in [7, 11) is 2.26. The fourth-order valence-electron chi connectivity index (χ4n) is 2.65. The topological polar surface area (TPSA) is 15.3 Å². The van der Waals surface area contributed by atoms with Crippen LogP contribution in [0.15, 0.2) is 28.7 Å². The second-order valence-electron chi connectivity index (χ2n) is 5.21. The van der Waals surface area contributed by atoms with Crippen LogP contribution in [0.3, 0.4) is 0 Å². The van der Waals surface area contributed by atoms with E-state index in [1.54, 1.807) is 0 Å². The summed E-state index contributed by atoms with van der Waals surface area (Å²) in [6.45, 7) is 2.15. The first kappa shape index (κ1) is 13.9. The summed E-state index contributed by atoms with van der Waals surface area (Å²) in [5.74, 6) is 0. The van der Waals surface area contributed by atoms with Crippen LogP contribution in [0.25, 0.3) is 0 Å². The Labute approximate surface area is 119 Å². The molecule has 0 unspecified atom stereocenters. The average Bonchev–Trinajstić information content (AvgIpc) is 2.42. The van der Waals surface area contributed by atoms with E-state index < -0.39 is 0 Å². The Morgan fingerprint density at radius 2 is 1.83 bits per heavy atom. The molecule has 1 aromatic carbocycles. The van der Waals surface area contributed by atoms with Crippen LogP contribution in [0.4, 0.5) is 5.69 Å². The molecule has 1 aliphatic rings. The molecule has 18 heavy (non-hydrogen) atoms. The quantitative estimate of drug-likeness (QED) is 0.880. The van der Waals surface area contributed by atoms with Crippen molar-refractivity contribution in [3.8, 4) is 0 Å². The molecular weight excluding hydrogens is 288 g/mol. The number of nitrogens with zero attached hydrogens (tertiary/aromatic N) is 1. The molecule has 3 heteroatoms. The number of hydrogen-bond donors (Lipinski definition) is 1. The predicted molar refractivity (Wildman–Crippen MR) is 82.1 cm³/mol. The predicted octanol–water partition coefficient (Wildman–Crippen LogP) is 4.13. The molecule has 2 rings (SSSR count). The van der Waals surface area contributed by atoms with Gasteiger partial charge < -0.3 is 10.2 Å². The van der Waals surface area contributed by atoms with E-state index in [1.807, 2.05) is 0 Å². The number of nitrogens with one attached hydrogen (secondary N) is 1. The summed E-state index contributed by atoms with van der Waals surface area (Å²) in [6, 6.07) is 9.20. The first-order valence-corrected chi connectivity index (χ1v) is 7.75. The Bertz CT molecular complexity index is 344. The van der Waals surface area contributed by atoms with Crippen molar-refractivity contribution >= 4 is 21.6 Å². The van der Waals surface area contributed by atoms with E-state index in [1.165, 1.54) is 37.8 Å². The normalized spacial score (nSPS) is 17.1. The summed E-state index contributed by atoms with van der Waals surface area (Å²) >= 11 is 3.45. The number of halogens is 1. The van der Waals surface area contributed by atoms with Crippen molar-refractivity contribution in [2.75, 3.05) is 25.5 Å². The lowest BCUT2D eigenvalue weighted by molar-refractivity contribution is 0.198. The van der Waals surface area contributed by atoms with E-state index in [2.05, 4.69) is 57.5 Å². The first-order chi connectivity index (χ1) is 8.75. The van der Waals surface area contributed by atoms with Gasteiger partial charge in [0.25, 0.3) is 0 Å². The molecule has 2 nitrogen and oxygen atoms in total. The van der Waals surface area contributed by atoms with Crippen LogP contribution in [-0.4, -0.2) is 31.1 Å². The van der Waals surface area contributed by atoms with Crippen molar-refractivity contribution in [2.45, 2.75) is 38.1 Å². The van der Waals surface area contributed by atoms with Crippen LogP contribution in [0.5, 0.6) is 0 Å². The van der Waals surface area contributed by atoms with E-state index in [4.69, 9.17) is 0 Å². The maximum Gasteiger partial charge on any atom is 0.0341 e. The molecule has 1 N–H and O–H groups in total. The third-order valence-electron chi connectivity index (χ3n) is 3.84. The van der Waals surface area contributed by atoms with E-state index in [0.29, 0.717) is 0 Å². The minimum Gasteiger partial charge on any atom is -0.384 e. The minimum atomic E-state index is 0.811. The molecule has 1 fully saturated rings. The molecule has 100 valence electrons. The van der Waals surface area contributed by atoms with Gasteiger partial charge in [0.1, 0.15) is 0 Å². The smallest absolute Gasteiger partial charge is 0.0341 e. The highest BCUT2D eigenvalue weighted by Crippen LogP contribution is 2.21. The third-order valence-corrected chi connectivity index (χ3v) is 4.36. The standard InChI is InChI=1S/C15H23BrN2/c1-18(15-5-3-2-4-6-15)12-11-17-14-9-7-13(16)8-10-14/h7-10,15,17H,2-6,11-12H2,1H3. The molecule has 0 aromatic heterocycles. The lowest BCUT2D eigenvalue weighted by atomic mass is 9.94. The van der Waals surface area contributed by atoms with Gasteiger partial charge in [0.2, 0.25) is 0 Å². The second kappa shape index (κ2) is 7.15. The van der Waals surface area contributed by atoms with Gasteiger partial charge in [-0.2, -0.15) is 0 Å². The van der Waals surface area contributed by atoms with Gasteiger partial charge in [-0.1, -0.05) is 35.2 Å². The Morgan fingerprint density at radius 1 is 1.17 bits per heavy atom. The maximum absolute atomic E-state index is 3.48. The van der Waals surface area contributed by atoms with Gasteiger partial charge in [-0.25, -0.2) is 0 Å². The molecular formula is C15H23BrN2. The van der Waals surface area contributed by atoms with Crippen LogP contribution < -0.4 is 5.32 Å². The molecule has 0 aliphatic heterocycles. The van der Waals surface area contributed by atoms with Crippen molar-refractivity contribution in [2.24, 2.45) is 0 Å². The van der Waals surface area contributed by atoms with Crippen molar-refractivity contribution in [1.82, 2.24) is 4.90 Å². The van der Waals surface area contributed by atoms with Gasteiger partial charge in [0.05, 0.1) is 0 Å². The molecule has 0 bridgehead atoms. The highest BCUT2D eigenvalue weighted by Gasteiger charge is 2.17. The lowest BCUT2D eigenvalue weighted by Crippen LogP contribution is -2.36. The van der Waals surface area contributed by atoms with Crippen LogP contribution in [0.1, 0.15) is 32.1 Å². The first-order valence-electron chi connectivity index (χ1n) is 6.95. The zero-order valence-electron chi connectivity index (χ0n) is 11.2. The largest absolute Gasteiger partial charge is 0.384 e. The van der Waals surface area contributed by atoms with Gasteiger partial charge >= 0.3 is 0 Å². The van der Waals surface area contributed by atoms with Crippen molar-refractivity contribution in [3.05, 3.63) is 28.7 Å². The molecule has 1 aromatic rings. The highest BCUT2D eigenvalue weighted by molar-refractivity contribution is 9.10. The zero-order valence-corrected chi connectivity index (χ0v) is 12.7. The minimum absolute atomic E-state index is 0.811. The van der Waals surface area contributed by atoms with E-state index >= 15 is 0 Å². The summed E-state index contributed by atoms with van der Waals surface area (Å²) < 4.78 is 1.13. The Hall–Kier alpha value is -0.540. The molecule has 1 aliphatic carbocycles. The number of hydrogen-bond acceptors (Lipinski definition) is 2. The highest BCUT2D eigenvalue weighted by atomic mass is 79.9. The SMILES string of the molecule is CN(CCNc1ccc(Br)cc1)C1CCCCC1. The van der Waals surface area contributed by atoms with Gasteiger partial charge in [-0.3, -0.25) is 0 Å². The summed E-state index contributed by atoms with van der Waals surface area (Å²) in [5, 5.41) is 3.48. The summed E-state index contributed by atoms with van der Waals surface area (Å²) in [6.07, 6.45) is 7.02. The lowest BCUT2D eigenvalue weighted by Gasteiger charge is -2.31. The number of likely N-dealkylation sites (N-methyl/N-ethyl adjacent to an activating group) is 1. The van der Waals surface area contributed by atoms with Gasteiger partial charge in [-0.05, 0) is 44.2 Å². The number of anilines is 1. The molecule has 0 heterocycles. The van der Waals surface area contributed by atoms with Gasteiger partial charge in [-0.15, -0.1) is 0 Å². The van der Waals surface area contributed by atoms with E-state index in [-0.39, 0.29) is 0 Å². The zero-order chi connectivity index (χ0) is 12.8. The third kappa shape index (κ3) is 4.29. The Kier molecular flexibility index (Phi) is 5.51. The van der Waals surface area contributed by atoms with Crippen molar-refractivity contribution in [1.29, 1.82) is 0 Å². The second-order valence-corrected chi connectivity index (χ2v) is 6.12. The molecule has 0 atom stereocenters. The Morgan fingerprint density at radius 3 is 2.50 bits per heavy atom. The molecule has 0 amide bonds. The van der Waals surface area contributed by atoms with Gasteiger partial charge in [0, 0.05) is 29.3 Å². The number of benzene rings is 1. The molecule has 0 spiro atoms. The van der Waals surface area contributed by atoms with Crippen LogP contribution in [0, 0.1) is 0 Å². The van der Waals surface area contributed by atoms with E-state index in [0.717, 1.165) is 23.6 Å². The number of rotatable bonds is 5. The fraction of sp³-hybridized carbons (Fsp3) is 0.600. The Balaban J connectivity index is 1.69. The van der Waals surface area contributed by atoms with E-state index in [9.17, 15) is 0 Å². The summed E-state index contributed by atoms with van der Waals surface area (Å²) in [5.41, 5.74) is 1.20. The van der Waals surface area contributed by atoms with Gasteiger partial charge in [0.15, 0.2) is 0 Å². The monoisotopic (exact) mass is 310 g/mol. The van der Waals surface area contributed by atoms with Crippen molar-refractivity contribution < 1.29 is 0 Å².